The van der Waals surface area contributed by atoms with E-state index in [9.17, 15) is 0 Å². The Morgan fingerprint density at radius 1 is 1.03 bits per heavy atom. The molecule has 0 radical (unpaired) electrons. The molecular formula is C28H43Cl3CrN2O3P+. The third-order valence-electron chi connectivity index (χ3n) is 5.24. The van der Waals surface area contributed by atoms with Gasteiger partial charge in [0.15, 0.2) is 5.84 Å². The van der Waals surface area contributed by atoms with E-state index in [0.29, 0.717) is 13.2 Å². The van der Waals surface area contributed by atoms with Crippen molar-refractivity contribution in [3.05, 3.63) is 71.8 Å². The van der Waals surface area contributed by atoms with Crippen molar-refractivity contribution >= 4 is 50.2 Å². The number of halogens is 3. The van der Waals surface area contributed by atoms with Crippen LogP contribution in [0.15, 0.2) is 53.5 Å². The van der Waals surface area contributed by atoms with Crippen molar-refractivity contribution in [2.24, 2.45) is 4.99 Å². The van der Waals surface area contributed by atoms with Gasteiger partial charge in [0.1, 0.15) is 0 Å². The second-order valence-corrected chi connectivity index (χ2v) is 17.0. The molecule has 0 unspecified atom stereocenters. The van der Waals surface area contributed by atoms with Crippen molar-refractivity contribution in [2.45, 2.75) is 72.6 Å². The Labute approximate surface area is 248 Å². The van der Waals surface area contributed by atoms with Crippen LogP contribution >= 0.6 is 38.7 Å². The second kappa shape index (κ2) is 20.5. The van der Waals surface area contributed by atoms with Gasteiger partial charge in [0.25, 0.3) is 0 Å². The standard InChI is InChI=1S/C24H35N2O2P.C4H7O.3ClH.Cr/c1-7-12-19-13-10-11-14-22(19)25-23(26-29(27-8-2)28-9-3)20-15-17-21(18-16-20)24(4,5)6;1-2-4-5-3-1;;;;/h10-11,13-18H,7-9,12H2,1-6H3,(H,25,26);3H,1-2,4H2;3*1H;/q;-1;;;;+4/p-2. The number of hydrogen-bond donors (Lipinski definition) is 1. The zero-order chi connectivity index (χ0) is 28.4. The average molecular weight is 645 g/mol. The van der Waals surface area contributed by atoms with E-state index in [-0.39, 0.29) is 5.41 Å². The molecule has 1 saturated heterocycles. The number of para-hydroxylation sites is 1. The molecule has 0 amide bonds. The molecule has 1 N–H and O–H groups in total. The van der Waals surface area contributed by atoms with Gasteiger partial charge in [-0.3, -0.25) is 0 Å². The Hall–Kier alpha value is -0.378. The van der Waals surface area contributed by atoms with E-state index in [1.54, 1.807) is 0 Å². The first-order valence-corrected chi connectivity index (χ1v) is 19.5. The SMILES string of the molecule is CCCc1ccccc1N=C(N[PH+](OCC)OCC)c1ccc(C(C)(C)C)cc1.[CH-]1CCCO1.[Cl][Cr+]([Cl])[Cl]. The first-order valence-electron chi connectivity index (χ1n) is 13.0. The van der Waals surface area contributed by atoms with Crippen molar-refractivity contribution in [3.63, 3.8) is 0 Å². The minimum absolute atomic E-state index is 0.114. The zero-order valence-corrected chi connectivity index (χ0v) is 27.9. The predicted octanol–water partition coefficient (Wildman–Crippen LogP) is 9.66. The zero-order valence-electron chi connectivity index (χ0n) is 23.4. The van der Waals surface area contributed by atoms with Gasteiger partial charge in [0.05, 0.1) is 18.9 Å². The van der Waals surface area contributed by atoms with Crippen LogP contribution in [0.3, 0.4) is 0 Å². The van der Waals surface area contributed by atoms with Crippen LogP contribution in [-0.4, -0.2) is 25.7 Å². The molecule has 5 nitrogen and oxygen atoms in total. The molecule has 0 saturated carbocycles. The number of benzene rings is 2. The summed E-state index contributed by atoms with van der Waals surface area (Å²) in [4.78, 5) is 5.01. The number of aliphatic imine (C=N–C) groups is 1. The van der Waals surface area contributed by atoms with Crippen molar-refractivity contribution in [3.8, 4) is 0 Å². The van der Waals surface area contributed by atoms with E-state index >= 15 is 0 Å². The summed E-state index contributed by atoms with van der Waals surface area (Å²) in [5.74, 6) is 0.796. The van der Waals surface area contributed by atoms with Gasteiger partial charge in [-0.15, -0.1) is 0 Å². The van der Waals surface area contributed by atoms with E-state index in [4.69, 9.17) is 48.9 Å². The van der Waals surface area contributed by atoms with Gasteiger partial charge in [-0.1, -0.05) is 83.0 Å². The fourth-order valence-corrected chi connectivity index (χ4v) is 4.55. The molecule has 0 bridgehead atoms. The molecule has 2 aromatic carbocycles. The number of rotatable bonds is 9. The first kappa shape index (κ1) is 35.6. The van der Waals surface area contributed by atoms with Crippen LogP contribution in [0.1, 0.15) is 77.5 Å². The van der Waals surface area contributed by atoms with Crippen LogP contribution in [0.4, 0.5) is 5.69 Å². The summed E-state index contributed by atoms with van der Waals surface area (Å²) in [6, 6.07) is 17.0. The maximum absolute atomic E-state index is 5.82. The number of amidine groups is 1. The summed E-state index contributed by atoms with van der Waals surface area (Å²) >= 11 is -1.62. The molecule has 0 atom stereocenters. The average Bonchev–Trinajstić information content (AvgIpc) is 3.45. The van der Waals surface area contributed by atoms with Gasteiger partial charge in [-0.2, -0.15) is 20.6 Å². The first-order chi connectivity index (χ1) is 18.1. The van der Waals surface area contributed by atoms with Crippen LogP contribution in [0.25, 0.3) is 0 Å². The van der Waals surface area contributed by atoms with E-state index in [1.165, 1.54) is 17.5 Å². The number of aryl methyl sites for hydroxylation is 1. The normalized spacial score (nSPS) is 13.6. The minimum atomic E-state index is -1.65. The van der Waals surface area contributed by atoms with Gasteiger partial charge in [0.2, 0.25) is 0 Å². The summed E-state index contributed by atoms with van der Waals surface area (Å²) in [6.07, 6.45) is 4.47. The van der Waals surface area contributed by atoms with Crippen LogP contribution in [0, 0.1) is 6.61 Å². The van der Waals surface area contributed by atoms with Gasteiger partial charge < -0.3 is 4.74 Å². The van der Waals surface area contributed by atoms with E-state index in [0.717, 1.165) is 43.0 Å². The second-order valence-electron chi connectivity index (χ2n) is 9.30. The van der Waals surface area contributed by atoms with Gasteiger partial charge >= 0.3 is 50.1 Å². The summed E-state index contributed by atoms with van der Waals surface area (Å²) in [7, 11) is 13.1. The Morgan fingerprint density at radius 2 is 1.63 bits per heavy atom. The molecule has 1 aliphatic heterocycles. The Morgan fingerprint density at radius 3 is 2.08 bits per heavy atom. The summed E-state index contributed by atoms with van der Waals surface area (Å²) in [6.45, 7) is 16.8. The monoisotopic (exact) mass is 643 g/mol. The van der Waals surface area contributed by atoms with Crippen LogP contribution in [0.5, 0.6) is 0 Å². The molecule has 1 heterocycles. The van der Waals surface area contributed by atoms with E-state index < -0.39 is 19.9 Å². The Bertz CT molecular complexity index is 908. The van der Waals surface area contributed by atoms with Gasteiger partial charge in [-0.05, 0) is 42.9 Å². The molecule has 0 aromatic heterocycles. The number of nitrogens with zero attached hydrogens (tertiary/aromatic N) is 1. The van der Waals surface area contributed by atoms with E-state index in [2.05, 4.69) is 75.2 Å². The van der Waals surface area contributed by atoms with Crippen molar-refractivity contribution < 1.29 is 25.2 Å². The van der Waals surface area contributed by atoms with Gasteiger partial charge in [0, 0.05) is 12.2 Å². The van der Waals surface area contributed by atoms with Crippen molar-refractivity contribution in [1.82, 2.24) is 5.09 Å². The molecule has 0 spiro atoms. The Balaban J connectivity index is 0.000000679. The van der Waals surface area contributed by atoms with Crippen LogP contribution in [-0.2, 0) is 37.0 Å². The van der Waals surface area contributed by atoms with Crippen LogP contribution < -0.4 is 5.09 Å². The maximum atomic E-state index is 5.82. The van der Waals surface area contributed by atoms with Crippen LogP contribution in [0.2, 0.25) is 0 Å². The van der Waals surface area contributed by atoms with E-state index in [1.807, 2.05) is 26.5 Å². The molecule has 3 rings (SSSR count). The molecule has 1 aliphatic rings. The topological polar surface area (TPSA) is 52.1 Å². The van der Waals surface area contributed by atoms with Crippen molar-refractivity contribution in [1.29, 1.82) is 0 Å². The quantitative estimate of drug-likeness (QED) is 0.128. The molecule has 10 heteroatoms. The Kier molecular flexibility index (Phi) is 19.2. The molecule has 214 valence electrons. The molecule has 1 fully saturated rings. The predicted molar refractivity (Wildman–Crippen MR) is 164 cm³/mol. The molecule has 2 aromatic rings. The molecular weight excluding hydrogens is 602 g/mol. The fraction of sp³-hybridized carbons (Fsp3) is 0.500. The third-order valence-corrected chi connectivity index (χ3v) is 6.78. The fourth-order valence-electron chi connectivity index (χ4n) is 3.40. The molecule has 38 heavy (non-hydrogen) atoms. The summed E-state index contributed by atoms with van der Waals surface area (Å²) in [5.41, 5.74) is 4.69. The number of hydrogen-bond acceptors (Lipinski definition) is 4. The third kappa shape index (κ3) is 15.4. The number of nitrogens with one attached hydrogen (secondary N) is 1. The van der Waals surface area contributed by atoms with Crippen molar-refractivity contribution in [2.75, 3.05) is 19.8 Å². The summed E-state index contributed by atoms with van der Waals surface area (Å²) < 4.78 is 16.5. The number of ether oxygens (including phenoxy) is 1. The van der Waals surface area contributed by atoms with Gasteiger partial charge in [-0.25, -0.2) is 11.6 Å². The summed E-state index contributed by atoms with van der Waals surface area (Å²) in [5, 5.41) is 3.46. The molecule has 0 aliphatic carbocycles.